The second-order valence-electron chi connectivity index (χ2n) is 5.46. The van der Waals surface area contributed by atoms with Crippen LogP contribution in [0.3, 0.4) is 0 Å². The van der Waals surface area contributed by atoms with Crippen LogP contribution in [0.15, 0.2) is 24.3 Å². The molecule has 0 spiro atoms. The van der Waals surface area contributed by atoms with Gasteiger partial charge in [0.15, 0.2) is 0 Å². The van der Waals surface area contributed by atoms with E-state index in [-0.39, 0.29) is 0 Å². The van der Waals surface area contributed by atoms with E-state index in [0.717, 1.165) is 12.5 Å². The first-order valence-corrected chi connectivity index (χ1v) is 6.50. The van der Waals surface area contributed by atoms with E-state index in [2.05, 4.69) is 50.4 Å². The number of hydrogen-bond acceptors (Lipinski definition) is 1. The van der Waals surface area contributed by atoms with E-state index in [1.165, 1.54) is 24.0 Å². The summed E-state index contributed by atoms with van der Waals surface area (Å²) in [5.41, 5.74) is 2.89. The molecule has 1 aromatic rings. The molecule has 0 radical (unpaired) electrons. The van der Waals surface area contributed by atoms with Crippen molar-refractivity contribution in [1.29, 1.82) is 0 Å². The molecule has 1 nitrogen and oxygen atoms in total. The summed E-state index contributed by atoms with van der Waals surface area (Å²) in [6.07, 6.45) is 2.60. The van der Waals surface area contributed by atoms with Crippen LogP contribution in [0.25, 0.3) is 0 Å². The summed E-state index contributed by atoms with van der Waals surface area (Å²) in [5, 5.41) is 3.61. The zero-order chi connectivity index (χ0) is 11.5. The number of hydrogen-bond donors (Lipinski definition) is 1. The molecular formula is C15H23N. The molecule has 0 bridgehead atoms. The lowest BCUT2D eigenvalue weighted by molar-refractivity contribution is 0.325. The third kappa shape index (κ3) is 2.65. The third-order valence-corrected chi connectivity index (χ3v) is 3.67. The second kappa shape index (κ2) is 5.01. The van der Waals surface area contributed by atoms with Crippen LogP contribution in [0.2, 0.25) is 0 Å². The first kappa shape index (κ1) is 11.7. The van der Waals surface area contributed by atoms with Gasteiger partial charge in [-0.2, -0.15) is 0 Å². The summed E-state index contributed by atoms with van der Waals surface area (Å²) in [6.45, 7) is 8.01. The van der Waals surface area contributed by atoms with Crippen LogP contribution in [-0.4, -0.2) is 6.54 Å². The Balaban J connectivity index is 2.09. The van der Waals surface area contributed by atoms with Gasteiger partial charge in [0, 0.05) is 6.04 Å². The van der Waals surface area contributed by atoms with Crippen molar-refractivity contribution in [2.45, 2.75) is 45.6 Å². The highest BCUT2D eigenvalue weighted by Gasteiger charge is 2.19. The molecule has 1 saturated heterocycles. The fourth-order valence-corrected chi connectivity index (χ4v) is 2.47. The van der Waals surface area contributed by atoms with Gasteiger partial charge in [-0.15, -0.1) is 0 Å². The molecule has 16 heavy (non-hydrogen) atoms. The van der Waals surface area contributed by atoms with Crippen molar-refractivity contribution in [3.05, 3.63) is 35.4 Å². The van der Waals surface area contributed by atoms with Crippen LogP contribution in [0.1, 0.15) is 56.7 Å². The van der Waals surface area contributed by atoms with E-state index in [1.807, 2.05) is 0 Å². The summed E-state index contributed by atoms with van der Waals surface area (Å²) in [5.74, 6) is 1.49. The highest BCUT2D eigenvalue weighted by molar-refractivity contribution is 5.27. The van der Waals surface area contributed by atoms with Crippen LogP contribution < -0.4 is 5.32 Å². The van der Waals surface area contributed by atoms with E-state index in [0.29, 0.717) is 12.0 Å². The predicted octanol–water partition coefficient (Wildman–Crippen LogP) is 3.87. The van der Waals surface area contributed by atoms with Crippen molar-refractivity contribution in [1.82, 2.24) is 5.32 Å². The van der Waals surface area contributed by atoms with E-state index < -0.39 is 0 Å². The topological polar surface area (TPSA) is 12.0 Å². The average molecular weight is 217 g/mol. The summed E-state index contributed by atoms with van der Waals surface area (Å²) < 4.78 is 0. The van der Waals surface area contributed by atoms with Gasteiger partial charge in [0.25, 0.3) is 0 Å². The minimum absolute atomic E-state index is 0.574. The molecule has 2 atom stereocenters. The van der Waals surface area contributed by atoms with Crippen molar-refractivity contribution in [3.63, 3.8) is 0 Å². The lowest BCUT2D eigenvalue weighted by atomic mass is 9.89. The summed E-state index contributed by atoms with van der Waals surface area (Å²) >= 11 is 0. The van der Waals surface area contributed by atoms with E-state index in [1.54, 1.807) is 0 Å². The molecule has 0 saturated carbocycles. The maximum Gasteiger partial charge on any atom is 0.0322 e. The third-order valence-electron chi connectivity index (χ3n) is 3.67. The van der Waals surface area contributed by atoms with Crippen LogP contribution in [0.5, 0.6) is 0 Å². The lowest BCUT2D eigenvalue weighted by Crippen LogP contribution is -2.30. The average Bonchev–Trinajstić information content (AvgIpc) is 2.29. The smallest absolute Gasteiger partial charge is 0.0322 e. The maximum atomic E-state index is 3.61. The molecule has 1 aromatic carbocycles. The molecule has 0 aliphatic carbocycles. The maximum absolute atomic E-state index is 3.61. The Morgan fingerprint density at radius 2 is 1.88 bits per heavy atom. The summed E-state index contributed by atoms with van der Waals surface area (Å²) in [7, 11) is 0. The zero-order valence-corrected chi connectivity index (χ0v) is 10.7. The van der Waals surface area contributed by atoms with Gasteiger partial charge in [-0.1, -0.05) is 45.0 Å². The SMILES string of the molecule is CC1CCNC(c2ccc(C(C)C)cc2)C1. The predicted molar refractivity (Wildman–Crippen MR) is 69.7 cm³/mol. The molecule has 88 valence electrons. The van der Waals surface area contributed by atoms with Crippen molar-refractivity contribution in [2.24, 2.45) is 5.92 Å². The molecule has 0 amide bonds. The molecule has 2 unspecified atom stereocenters. The fourth-order valence-electron chi connectivity index (χ4n) is 2.47. The molecule has 1 heteroatoms. The Morgan fingerprint density at radius 1 is 1.19 bits per heavy atom. The first-order chi connectivity index (χ1) is 7.66. The van der Waals surface area contributed by atoms with Crippen LogP contribution in [0.4, 0.5) is 0 Å². The molecule has 0 aromatic heterocycles. The van der Waals surface area contributed by atoms with Crippen molar-refractivity contribution in [3.8, 4) is 0 Å². The molecule has 1 aliphatic heterocycles. The van der Waals surface area contributed by atoms with E-state index in [9.17, 15) is 0 Å². The van der Waals surface area contributed by atoms with Crippen molar-refractivity contribution >= 4 is 0 Å². The largest absolute Gasteiger partial charge is 0.310 e. The molecule has 2 rings (SSSR count). The number of benzene rings is 1. The van der Waals surface area contributed by atoms with Crippen molar-refractivity contribution < 1.29 is 0 Å². The molecule has 1 heterocycles. The van der Waals surface area contributed by atoms with Gasteiger partial charge >= 0.3 is 0 Å². The zero-order valence-electron chi connectivity index (χ0n) is 10.7. The molecule has 1 N–H and O–H groups in total. The Bertz CT molecular complexity index is 326. The Labute approximate surface area is 99.3 Å². The van der Waals surface area contributed by atoms with E-state index >= 15 is 0 Å². The molecule has 1 fully saturated rings. The first-order valence-electron chi connectivity index (χ1n) is 6.50. The Kier molecular flexibility index (Phi) is 3.65. The molecular weight excluding hydrogens is 194 g/mol. The van der Waals surface area contributed by atoms with Gasteiger partial charge < -0.3 is 5.32 Å². The highest BCUT2D eigenvalue weighted by atomic mass is 14.9. The minimum atomic E-state index is 0.574. The Morgan fingerprint density at radius 3 is 2.44 bits per heavy atom. The minimum Gasteiger partial charge on any atom is -0.310 e. The normalized spacial score (nSPS) is 26.0. The number of nitrogens with one attached hydrogen (secondary N) is 1. The number of rotatable bonds is 2. The van der Waals surface area contributed by atoms with Gasteiger partial charge in [-0.05, 0) is 42.3 Å². The van der Waals surface area contributed by atoms with Gasteiger partial charge in [0.05, 0.1) is 0 Å². The van der Waals surface area contributed by atoms with Crippen molar-refractivity contribution in [2.75, 3.05) is 6.54 Å². The van der Waals surface area contributed by atoms with E-state index in [4.69, 9.17) is 0 Å². The van der Waals surface area contributed by atoms with Gasteiger partial charge in [0.1, 0.15) is 0 Å². The van der Waals surface area contributed by atoms with Crippen LogP contribution in [0, 0.1) is 5.92 Å². The second-order valence-corrected chi connectivity index (χ2v) is 5.46. The lowest BCUT2D eigenvalue weighted by Gasteiger charge is -2.28. The standard InChI is InChI=1S/C15H23N/c1-11(2)13-4-6-14(7-5-13)15-10-12(3)8-9-16-15/h4-7,11-12,15-16H,8-10H2,1-3H3. The van der Waals surface area contributed by atoms with Crippen LogP contribution in [-0.2, 0) is 0 Å². The Hall–Kier alpha value is -0.820. The highest BCUT2D eigenvalue weighted by Crippen LogP contribution is 2.27. The van der Waals surface area contributed by atoms with Crippen LogP contribution >= 0.6 is 0 Å². The monoisotopic (exact) mass is 217 g/mol. The van der Waals surface area contributed by atoms with Gasteiger partial charge in [-0.3, -0.25) is 0 Å². The summed E-state index contributed by atoms with van der Waals surface area (Å²) in [4.78, 5) is 0. The fraction of sp³-hybridized carbons (Fsp3) is 0.600. The number of piperidine rings is 1. The summed E-state index contributed by atoms with van der Waals surface area (Å²) in [6, 6.07) is 9.72. The quantitative estimate of drug-likeness (QED) is 0.793. The van der Waals surface area contributed by atoms with Gasteiger partial charge in [-0.25, -0.2) is 0 Å². The molecule has 1 aliphatic rings. The van der Waals surface area contributed by atoms with Gasteiger partial charge in [0.2, 0.25) is 0 Å².